The van der Waals surface area contributed by atoms with Crippen LogP contribution in [0, 0.1) is 5.92 Å². The Balaban J connectivity index is 0.00000121. The molecule has 0 aliphatic carbocycles. The number of halogens is 2. The first-order valence-corrected chi connectivity index (χ1v) is 7.24. The molecule has 1 aliphatic heterocycles. The van der Waals surface area contributed by atoms with Crippen molar-refractivity contribution >= 4 is 24.8 Å². The number of hydrogen-bond donors (Lipinski definition) is 2. The molecule has 0 atom stereocenters. The largest absolute Gasteiger partial charge is 0.493 e. The Morgan fingerprint density at radius 3 is 2.73 bits per heavy atom. The number of fused-ring (bicyclic) bond motifs is 1. The van der Waals surface area contributed by atoms with Crippen LogP contribution in [-0.2, 0) is 13.0 Å². The van der Waals surface area contributed by atoms with Crippen LogP contribution in [0.15, 0.2) is 24.3 Å². The van der Waals surface area contributed by atoms with Gasteiger partial charge in [-0.1, -0.05) is 26.0 Å². The molecule has 0 saturated heterocycles. The van der Waals surface area contributed by atoms with Crippen molar-refractivity contribution in [3.8, 4) is 17.1 Å². The molecule has 0 amide bonds. The van der Waals surface area contributed by atoms with Gasteiger partial charge in [-0.15, -0.1) is 24.8 Å². The predicted octanol–water partition coefficient (Wildman–Crippen LogP) is 3.60. The summed E-state index contributed by atoms with van der Waals surface area (Å²) in [4.78, 5) is 8.16. The molecule has 1 aliphatic rings. The molecule has 0 bridgehead atoms. The van der Waals surface area contributed by atoms with E-state index in [9.17, 15) is 0 Å². The Hall–Kier alpha value is -1.23. The van der Waals surface area contributed by atoms with Gasteiger partial charge in [0.05, 0.1) is 23.6 Å². The number of rotatable bonds is 4. The molecule has 22 heavy (non-hydrogen) atoms. The van der Waals surface area contributed by atoms with Crippen molar-refractivity contribution in [3.63, 3.8) is 0 Å². The van der Waals surface area contributed by atoms with Gasteiger partial charge < -0.3 is 15.0 Å². The number of nitrogens with one attached hydrogen (secondary N) is 2. The van der Waals surface area contributed by atoms with Gasteiger partial charge in [-0.3, -0.25) is 0 Å². The maximum atomic E-state index is 5.91. The van der Waals surface area contributed by atoms with E-state index in [2.05, 4.69) is 30.2 Å². The molecule has 1 aromatic carbocycles. The molecule has 0 saturated carbocycles. The fourth-order valence-corrected chi connectivity index (χ4v) is 2.39. The van der Waals surface area contributed by atoms with Crippen molar-refractivity contribution < 1.29 is 4.74 Å². The fraction of sp³-hybridized carbons (Fsp3) is 0.438. The molecule has 0 fully saturated rings. The van der Waals surface area contributed by atoms with Crippen LogP contribution in [0.4, 0.5) is 0 Å². The summed E-state index contributed by atoms with van der Waals surface area (Å²) >= 11 is 0. The molecule has 2 heterocycles. The number of aromatic amines is 1. The van der Waals surface area contributed by atoms with Crippen LogP contribution in [0.5, 0.6) is 5.75 Å². The zero-order valence-corrected chi connectivity index (χ0v) is 14.5. The van der Waals surface area contributed by atoms with E-state index in [1.807, 2.05) is 18.2 Å². The Labute approximate surface area is 143 Å². The van der Waals surface area contributed by atoms with E-state index in [-0.39, 0.29) is 24.8 Å². The Kier molecular flexibility index (Phi) is 7.20. The lowest BCUT2D eigenvalue weighted by molar-refractivity contribution is 0.272. The van der Waals surface area contributed by atoms with Gasteiger partial charge in [0.15, 0.2) is 0 Å². The third kappa shape index (κ3) is 4.15. The number of aromatic nitrogens is 2. The molecular weight excluding hydrogens is 321 g/mol. The molecule has 2 aromatic rings. The molecule has 0 radical (unpaired) electrons. The highest BCUT2D eigenvalue weighted by atomic mass is 35.5. The Morgan fingerprint density at radius 2 is 2.00 bits per heavy atom. The van der Waals surface area contributed by atoms with Crippen LogP contribution in [-0.4, -0.2) is 23.1 Å². The third-order valence-corrected chi connectivity index (χ3v) is 3.42. The monoisotopic (exact) mass is 343 g/mol. The highest BCUT2D eigenvalue weighted by Gasteiger charge is 2.17. The van der Waals surface area contributed by atoms with Crippen molar-refractivity contribution in [1.29, 1.82) is 0 Å². The van der Waals surface area contributed by atoms with E-state index >= 15 is 0 Å². The summed E-state index contributed by atoms with van der Waals surface area (Å²) in [6.45, 7) is 6.90. The maximum Gasteiger partial charge on any atom is 0.141 e. The number of ether oxygens (including phenoxy) is 1. The summed E-state index contributed by atoms with van der Waals surface area (Å²) in [6.07, 6.45) is 0.987. The molecule has 6 heteroatoms. The number of imidazole rings is 1. The summed E-state index contributed by atoms with van der Waals surface area (Å²) in [7, 11) is 0. The number of para-hydroxylation sites is 1. The second-order valence-corrected chi connectivity index (χ2v) is 5.64. The molecule has 1 aromatic heterocycles. The Bertz CT molecular complexity index is 575. The van der Waals surface area contributed by atoms with Crippen LogP contribution < -0.4 is 10.1 Å². The van der Waals surface area contributed by atoms with Gasteiger partial charge in [0.1, 0.15) is 11.6 Å². The minimum atomic E-state index is 0. The first kappa shape index (κ1) is 18.8. The average molecular weight is 344 g/mol. The number of benzene rings is 1. The average Bonchev–Trinajstić information content (AvgIpc) is 2.89. The van der Waals surface area contributed by atoms with Gasteiger partial charge in [0.25, 0.3) is 0 Å². The zero-order valence-electron chi connectivity index (χ0n) is 12.9. The van der Waals surface area contributed by atoms with E-state index in [4.69, 9.17) is 9.72 Å². The van der Waals surface area contributed by atoms with Crippen molar-refractivity contribution in [1.82, 2.24) is 15.3 Å². The van der Waals surface area contributed by atoms with Crippen LogP contribution in [0.1, 0.15) is 25.2 Å². The number of hydrogen-bond acceptors (Lipinski definition) is 3. The minimum absolute atomic E-state index is 0. The molecule has 0 spiro atoms. The topological polar surface area (TPSA) is 49.9 Å². The van der Waals surface area contributed by atoms with Gasteiger partial charge in [0, 0.05) is 19.5 Å². The van der Waals surface area contributed by atoms with Gasteiger partial charge in [0.2, 0.25) is 0 Å². The van der Waals surface area contributed by atoms with Crippen LogP contribution >= 0.6 is 24.8 Å². The van der Waals surface area contributed by atoms with E-state index < -0.39 is 0 Å². The standard InChI is InChI=1S/C16H21N3O.2ClH/c1-11(2)10-20-15-6-4-3-5-12(15)16-18-13-7-8-17-9-14(13)19-16;;/h3-6,11,17H,7-10H2,1-2H3,(H,18,19);2*1H. The summed E-state index contributed by atoms with van der Waals surface area (Å²) in [6, 6.07) is 8.10. The van der Waals surface area contributed by atoms with Crippen molar-refractivity contribution in [2.75, 3.05) is 13.2 Å². The molecule has 3 rings (SSSR count). The molecule has 2 N–H and O–H groups in total. The lowest BCUT2D eigenvalue weighted by atomic mass is 10.2. The van der Waals surface area contributed by atoms with Crippen LogP contribution in [0.3, 0.4) is 0 Å². The minimum Gasteiger partial charge on any atom is -0.493 e. The lowest BCUT2D eigenvalue weighted by Gasteiger charge is -2.11. The Morgan fingerprint density at radius 1 is 1.23 bits per heavy atom. The van der Waals surface area contributed by atoms with Crippen molar-refractivity contribution in [2.45, 2.75) is 26.8 Å². The second-order valence-electron chi connectivity index (χ2n) is 5.64. The quantitative estimate of drug-likeness (QED) is 0.891. The second kappa shape index (κ2) is 8.42. The molecule has 4 nitrogen and oxygen atoms in total. The predicted molar refractivity (Wildman–Crippen MR) is 94.3 cm³/mol. The number of nitrogens with zero attached hydrogens (tertiary/aromatic N) is 1. The smallest absolute Gasteiger partial charge is 0.141 e. The summed E-state index contributed by atoms with van der Waals surface area (Å²) in [5.74, 6) is 2.33. The SMILES string of the molecule is CC(C)COc1ccccc1-c1nc2c([nH]1)CNCC2.Cl.Cl. The van der Waals surface area contributed by atoms with Gasteiger partial charge in [-0.25, -0.2) is 4.98 Å². The van der Waals surface area contributed by atoms with Crippen LogP contribution in [0.25, 0.3) is 11.4 Å². The normalized spacial score (nSPS) is 13.0. The van der Waals surface area contributed by atoms with E-state index in [0.29, 0.717) is 5.92 Å². The molecule has 122 valence electrons. The summed E-state index contributed by atoms with van der Waals surface area (Å²) < 4.78 is 5.91. The van der Waals surface area contributed by atoms with Crippen molar-refractivity contribution in [3.05, 3.63) is 35.7 Å². The summed E-state index contributed by atoms with van der Waals surface area (Å²) in [5, 5.41) is 3.36. The lowest BCUT2D eigenvalue weighted by Crippen LogP contribution is -2.23. The van der Waals surface area contributed by atoms with Gasteiger partial charge in [-0.2, -0.15) is 0 Å². The van der Waals surface area contributed by atoms with E-state index in [1.165, 1.54) is 11.4 Å². The van der Waals surface area contributed by atoms with Gasteiger partial charge in [-0.05, 0) is 18.1 Å². The van der Waals surface area contributed by atoms with Gasteiger partial charge >= 0.3 is 0 Å². The maximum absolute atomic E-state index is 5.91. The highest BCUT2D eigenvalue weighted by molar-refractivity contribution is 5.85. The molecule has 0 unspecified atom stereocenters. The zero-order chi connectivity index (χ0) is 13.9. The van der Waals surface area contributed by atoms with Crippen molar-refractivity contribution in [2.24, 2.45) is 5.92 Å². The van der Waals surface area contributed by atoms with E-state index in [0.717, 1.165) is 43.3 Å². The molecular formula is C16H23Cl2N3O. The first-order chi connectivity index (χ1) is 9.74. The first-order valence-electron chi connectivity index (χ1n) is 7.24. The fourth-order valence-electron chi connectivity index (χ4n) is 2.39. The summed E-state index contributed by atoms with van der Waals surface area (Å²) in [5.41, 5.74) is 3.42. The third-order valence-electron chi connectivity index (χ3n) is 3.42. The van der Waals surface area contributed by atoms with Crippen LogP contribution in [0.2, 0.25) is 0 Å². The number of H-pyrrole nitrogens is 1. The van der Waals surface area contributed by atoms with E-state index in [1.54, 1.807) is 0 Å². The highest BCUT2D eigenvalue weighted by Crippen LogP contribution is 2.29.